The number of rotatable bonds is 2. The minimum atomic E-state index is -2.55. The smallest absolute Gasteiger partial charge is 0.294 e. The topological polar surface area (TPSA) is 31.2 Å². The lowest BCUT2D eigenvalue weighted by molar-refractivity contribution is 0.391. The molecule has 1 aliphatic rings. The molecule has 7 heteroatoms. The van der Waals surface area contributed by atoms with Gasteiger partial charge in [-0.1, -0.05) is 148 Å². The molecular formula is C26H60N4Si3. The Kier molecular flexibility index (Phi) is 7.42. The lowest BCUT2D eigenvalue weighted by Crippen LogP contribution is -2.84. The Labute approximate surface area is 211 Å². The van der Waals surface area contributed by atoms with E-state index in [-0.39, 0.29) is 30.2 Å². The van der Waals surface area contributed by atoms with Crippen LogP contribution in [0.15, 0.2) is 10.4 Å². The highest BCUT2D eigenvalue weighted by molar-refractivity contribution is 7.02. The molecule has 0 N–H and O–H groups in total. The third-order valence-corrected chi connectivity index (χ3v) is 31.1. The predicted octanol–water partition coefficient (Wildman–Crippen LogP) is 10.3. The van der Waals surface area contributed by atoms with Gasteiger partial charge in [-0.25, -0.2) is 0 Å². The highest BCUT2D eigenvalue weighted by atomic mass is 28.4. The van der Waals surface area contributed by atoms with Crippen LogP contribution in [0.3, 0.4) is 0 Å². The quantitative estimate of drug-likeness (QED) is 0.344. The average molecular weight is 513 g/mol. The summed E-state index contributed by atoms with van der Waals surface area (Å²) >= 11 is 0. The third kappa shape index (κ3) is 4.13. The summed E-state index contributed by atoms with van der Waals surface area (Å²) in [5.41, 5.74) is 0. The summed E-state index contributed by atoms with van der Waals surface area (Å²) in [5, 5.41) is 11.3. The van der Waals surface area contributed by atoms with Gasteiger partial charge in [0.05, 0.1) is 0 Å². The second kappa shape index (κ2) is 7.92. The molecule has 0 bridgehead atoms. The second-order valence-electron chi connectivity index (χ2n) is 17.2. The van der Waals surface area contributed by atoms with Gasteiger partial charge in [0.15, 0.2) is 16.5 Å². The van der Waals surface area contributed by atoms with E-state index in [9.17, 15) is 0 Å². The van der Waals surface area contributed by atoms with E-state index >= 15 is 0 Å². The first-order valence-corrected chi connectivity index (χ1v) is 19.8. The fourth-order valence-corrected chi connectivity index (χ4v) is 37.3. The summed E-state index contributed by atoms with van der Waals surface area (Å²) in [6.45, 7) is 49.7. The van der Waals surface area contributed by atoms with Gasteiger partial charge in [0.1, 0.15) is 0 Å². The van der Waals surface area contributed by atoms with Crippen LogP contribution in [0, 0.1) is 0 Å². The molecule has 0 atom stereocenters. The summed E-state index contributed by atoms with van der Waals surface area (Å²) in [4.78, 5) is 0. The van der Waals surface area contributed by atoms with Crippen LogP contribution >= 0.6 is 0 Å². The van der Waals surface area contributed by atoms with Crippen LogP contribution in [0.2, 0.25) is 43.3 Å². The van der Waals surface area contributed by atoms with Crippen molar-refractivity contribution < 1.29 is 0 Å². The number of hydrogen-bond donors (Lipinski definition) is 0. The van der Waals surface area contributed by atoms with Gasteiger partial charge in [0.2, 0.25) is 0 Å². The summed E-state index contributed by atoms with van der Waals surface area (Å²) in [5.74, 6) is 0. The van der Waals surface area contributed by atoms with Crippen LogP contribution in [0.25, 0.3) is 0 Å². The molecule has 0 fully saturated rings. The van der Waals surface area contributed by atoms with Crippen LogP contribution < -0.4 is 0 Å². The van der Waals surface area contributed by atoms with Crippen molar-refractivity contribution in [3.63, 3.8) is 0 Å². The van der Waals surface area contributed by atoms with Crippen LogP contribution in [-0.2, 0) is 0 Å². The van der Waals surface area contributed by atoms with Crippen molar-refractivity contribution in [2.75, 3.05) is 0 Å². The third-order valence-electron chi connectivity index (χ3n) is 8.86. The zero-order chi connectivity index (χ0) is 27.1. The Morgan fingerprint density at radius 2 is 0.727 bits per heavy atom. The van der Waals surface area contributed by atoms with E-state index in [0.29, 0.717) is 0 Å². The van der Waals surface area contributed by atoms with E-state index in [1.807, 2.05) is 0 Å². The Morgan fingerprint density at radius 1 is 0.455 bits per heavy atom. The van der Waals surface area contributed by atoms with Gasteiger partial charge in [-0.15, -0.1) is 0 Å². The van der Waals surface area contributed by atoms with E-state index in [0.717, 1.165) is 0 Å². The van der Waals surface area contributed by atoms with Gasteiger partial charge in [0, 0.05) is 0 Å². The average Bonchev–Trinajstić information content (AvgIpc) is 2.82. The highest BCUT2D eigenvalue weighted by Gasteiger charge is 2.77. The van der Waals surface area contributed by atoms with Gasteiger partial charge < -0.3 is 8.68 Å². The Hall–Kier alpha value is -0.149. The zero-order valence-electron chi connectivity index (χ0n) is 26.3. The summed E-state index contributed by atoms with van der Waals surface area (Å²) in [6, 6.07) is 0. The SMILES string of the molecule is CC(C)(C)[Si](C)(C)N1N=NN([Si](C(C)(C)C)(C(C)(C)C)C(C)(C)C)[Si]1(C(C)(C)C)C(C)(C)C. The second-order valence-corrected chi connectivity index (χ2v) is 34.7. The maximum atomic E-state index is 5.40. The molecule has 33 heavy (non-hydrogen) atoms. The molecule has 0 amide bonds. The fraction of sp³-hybridized carbons (Fsp3) is 1.00. The molecule has 0 aliphatic carbocycles. The van der Waals surface area contributed by atoms with E-state index in [1.165, 1.54) is 0 Å². The molecule has 0 unspecified atom stereocenters. The first-order valence-electron chi connectivity index (χ1n) is 13.0. The van der Waals surface area contributed by atoms with Crippen LogP contribution in [0.1, 0.15) is 125 Å². The predicted molar refractivity (Wildman–Crippen MR) is 156 cm³/mol. The van der Waals surface area contributed by atoms with Crippen molar-refractivity contribution in [1.82, 2.24) is 8.68 Å². The normalized spacial score (nSPS) is 19.5. The Morgan fingerprint density at radius 3 is 0.939 bits per heavy atom. The van der Waals surface area contributed by atoms with Crippen molar-refractivity contribution in [2.45, 2.75) is 168 Å². The highest BCUT2D eigenvalue weighted by Crippen LogP contribution is 2.70. The van der Waals surface area contributed by atoms with Crippen molar-refractivity contribution in [1.29, 1.82) is 0 Å². The van der Waals surface area contributed by atoms with Crippen LogP contribution in [0.4, 0.5) is 0 Å². The first-order chi connectivity index (χ1) is 14.0. The molecule has 1 rings (SSSR count). The minimum Gasteiger partial charge on any atom is -0.309 e. The van der Waals surface area contributed by atoms with Crippen molar-refractivity contribution in [3.8, 4) is 0 Å². The lowest BCUT2D eigenvalue weighted by Gasteiger charge is -2.70. The monoisotopic (exact) mass is 512 g/mol. The van der Waals surface area contributed by atoms with E-state index in [2.05, 4.69) is 146 Å². The first kappa shape index (κ1) is 30.9. The molecule has 0 radical (unpaired) electrons. The maximum Gasteiger partial charge on any atom is 0.294 e. The molecule has 0 aromatic carbocycles. The number of hydrogen-bond acceptors (Lipinski definition) is 4. The van der Waals surface area contributed by atoms with Crippen molar-refractivity contribution in [2.24, 2.45) is 10.4 Å². The van der Waals surface area contributed by atoms with Crippen molar-refractivity contribution in [3.05, 3.63) is 0 Å². The van der Waals surface area contributed by atoms with Gasteiger partial charge in [0.25, 0.3) is 8.40 Å². The molecular weight excluding hydrogens is 453 g/mol. The fourth-order valence-electron chi connectivity index (χ4n) is 8.17. The molecule has 0 saturated heterocycles. The van der Waals surface area contributed by atoms with Crippen LogP contribution in [0.5, 0.6) is 0 Å². The van der Waals surface area contributed by atoms with Crippen LogP contribution in [-0.4, -0.2) is 33.5 Å². The van der Waals surface area contributed by atoms with Gasteiger partial charge in [-0.3, -0.25) is 0 Å². The van der Waals surface area contributed by atoms with Crippen molar-refractivity contribution >= 4 is 24.9 Å². The molecule has 0 aromatic rings. The molecule has 1 aliphatic heterocycles. The largest absolute Gasteiger partial charge is 0.309 e. The molecule has 0 saturated carbocycles. The summed E-state index contributed by atoms with van der Waals surface area (Å²) in [7, 11) is -6.94. The minimum absolute atomic E-state index is 0.0598. The lowest BCUT2D eigenvalue weighted by atomic mass is 10.2. The Balaban J connectivity index is 4.42. The molecule has 4 nitrogen and oxygen atoms in total. The van der Waals surface area contributed by atoms with Gasteiger partial charge >= 0.3 is 0 Å². The summed E-state index contributed by atoms with van der Waals surface area (Å²) < 4.78 is 5.53. The summed E-state index contributed by atoms with van der Waals surface area (Å²) in [6.07, 6.45) is 0. The van der Waals surface area contributed by atoms with E-state index < -0.39 is 24.9 Å². The maximum absolute atomic E-state index is 5.40. The zero-order valence-corrected chi connectivity index (χ0v) is 29.3. The molecule has 0 spiro atoms. The molecule has 196 valence electrons. The standard InChI is InChI=1S/C26H60N4Si3/c1-21(2,3)31(19,20)29-27-28-30(33(29,25(13,14)15)26(16,17)18)32(22(4,5)6,23(7,8)9)24(10,11)12/h1-20H3. The van der Waals surface area contributed by atoms with E-state index in [1.54, 1.807) is 0 Å². The number of nitrogens with zero attached hydrogens (tertiary/aromatic N) is 4. The van der Waals surface area contributed by atoms with E-state index in [4.69, 9.17) is 10.4 Å². The molecule has 0 aromatic heterocycles. The van der Waals surface area contributed by atoms with Gasteiger partial charge in [-0.05, 0) is 30.2 Å². The molecule has 1 heterocycles. The Bertz CT molecular complexity index is 695. The van der Waals surface area contributed by atoms with Gasteiger partial charge in [-0.2, -0.15) is 0 Å².